The van der Waals surface area contributed by atoms with Crippen molar-refractivity contribution in [1.82, 2.24) is 19.5 Å². The van der Waals surface area contributed by atoms with Crippen LogP contribution < -0.4 is 54.6 Å². The largest absolute Gasteiger partial charge is 0.308 e. The van der Waals surface area contributed by atoms with Crippen LogP contribution in [0.25, 0.3) is 72.8 Å². The third kappa shape index (κ3) is 5.64. The van der Waals surface area contributed by atoms with E-state index in [0.29, 0.717) is 16.3 Å². The molecule has 8 aromatic rings. The SMILES string of the molecule is [B]c1c([B])c([B])c(-c2nc(-c3cc(Cl)ccc3-n3c4ccccc4c4c(-c5ccccc5)cccc43)nc(-c3c([B])c([B])c([B])c([B])c3[B])n2)c([B])c1[B]. The van der Waals surface area contributed by atoms with Gasteiger partial charge in [0.2, 0.25) is 0 Å². The van der Waals surface area contributed by atoms with Gasteiger partial charge in [0.15, 0.2) is 17.5 Å². The molecule has 228 valence electrons. The molecule has 0 aliphatic rings. The quantitative estimate of drug-likeness (QED) is 0.202. The minimum atomic E-state index is -0.0179. The Morgan fingerprint density at radius 1 is 0.426 bits per heavy atom. The van der Waals surface area contributed by atoms with Crippen molar-refractivity contribution in [2.75, 3.05) is 0 Å². The second kappa shape index (κ2) is 13.7. The molecule has 0 fully saturated rings. The van der Waals surface area contributed by atoms with Crippen LogP contribution in [0.1, 0.15) is 0 Å². The first-order valence-corrected chi connectivity index (χ1v) is 16.9. The third-order valence-electron chi connectivity index (χ3n) is 9.70. The lowest BCUT2D eigenvalue weighted by Crippen LogP contribution is -2.55. The molecule has 0 unspecified atom stereocenters. The Morgan fingerprint density at radius 3 is 1.48 bits per heavy atom. The van der Waals surface area contributed by atoms with Crippen LogP contribution in [0.2, 0.25) is 5.02 Å². The molecule has 2 heterocycles. The lowest BCUT2D eigenvalue weighted by Gasteiger charge is -2.23. The average molecular weight is 683 g/mol. The molecule has 8 rings (SSSR count). The van der Waals surface area contributed by atoms with Crippen molar-refractivity contribution in [1.29, 1.82) is 0 Å². The number of hydrogen-bond acceptors (Lipinski definition) is 3. The minimum absolute atomic E-state index is 0.00161. The normalized spacial score (nSPS) is 11.4. The van der Waals surface area contributed by atoms with Crippen LogP contribution in [0.5, 0.6) is 0 Å². The van der Waals surface area contributed by atoms with Crippen LogP contribution in [-0.2, 0) is 0 Å². The summed E-state index contributed by atoms with van der Waals surface area (Å²) in [7, 11) is 63.6. The summed E-state index contributed by atoms with van der Waals surface area (Å²) in [5, 5.41) is 2.49. The predicted molar refractivity (Wildman–Crippen MR) is 235 cm³/mol. The van der Waals surface area contributed by atoms with Crippen LogP contribution >= 0.6 is 11.6 Å². The highest BCUT2D eigenvalue weighted by Crippen LogP contribution is 2.40. The van der Waals surface area contributed by atoms with E-state index in [1.54, 1.807) is 12.1 Å². The summed E-state index contributed by atoms with van der Waals surface area (Å²) in [6.45, 7) is 0. The summed E-state index contributed by atoms with van der Waals surface area (Å²) >= 11 is 6.75. The van der Waals surface area contributed by atoms with Crippen molar-refractivity contribution in [3.63, 3.8) is 0 Å². The minimum Gasteiger partial charge on any atom is -0.308 e. The number of halogens is 1. The van der Waals surface area contributed by atoms with E-state index in [2.05, 4.69) is 41.0 Å². The van der Waals surface area contributed by atoms with Gasteiger partial charge in [-0.3, -0.25) is 0 Å². The Hall–Kier alpha value is -4.93. The van der Waals surface area contributed by atoms with E-state index in [1.165, 1.54) is 0 Å². The molecule has 0 N–H and O–H groups in total. The van der Waals surface area contributed by atoms with Crippen LogP contribution in [-0.4, -0.2) is 98.0 Å². The molecule has 0 saturated heterocycles. The average Bonchev–Trinajstić information content (AvgIpc) is 3.52. The van der Waals surface area contributed by atoms with Crippen LogP contribution in [0.4, 0.5) is 0 Å². The molecule has 0 saturated carbocycles. The van der Waals surface area contributed by atoms with E-state index in [4.69, 9.17) is 105 Å². The number of hydrogen-bond donors (Lipinski definition) is 0. The molecule has 0 aliphatic heterocycles. The van der Waals surface area contributed by atoms with Gasteiger partial charge in [0.25, 0.3) is 0 Å². The highest BCUT2D eigenvalue weighted by Gasteiger charge is 2.24. The molecular weight excluding hydrogens is 668 g/mol. The van der Waals surface area contributed by atoms with Crippen molar-refractivity contribution in [3.05, 3.63) is 96.0 Å². The molecule has 20 radical (unpaired) electrons. The highest BCUT2D eigenvalue weighted by atomic mass is 35.5. The van der Waals surface area contributed by atoms with E-state index >= 15 is 0 Å². The summed E-state index contributed by atoms with van der Waals surface area (Å²) in [6, 6.07) is 30.0. The number of nitrogens with zero attached hydrogens (tertiary/aromatic N) is 4. The summed E-state index contributed by atoms with van der Waals surface area (Å²) in [5.74, 6) is 0.101. The second-order valence-corrected chi connectivity index (χ2v) is 13.2. The first-order valence-electron chi connectivity index (χ1n) is 16.6. The molecule has 0 aliphatic carbocycles. The summed E-state index contributed by atoms with van der Waals surface area (Å²) < 4.78 is 2.13. The van der Waals surface area contributed by atoms with Gasteiger partial charge < -0.3 is 4.57 Å². The molecule has 0 amide bonds. The Balaban J connectivity index is 1.49. The lowest BCUT2D eigenvalue weighted by atomic mass is 9.60. The Kier molecular flexibility index (Phi) is 9.17. The summed E-state index contributed by atoms with van der Waals surface area (Å²) in [5.41, 5.74) is 5.48. The Bertz CT molecular complexity index is 2720. The third-order valence-corrected chi connectivity index (χ3v) is 9.94. The molecule has 0 bridgehead atoms. The summed E-state index contributed by atoms with van der Waals surface area (Å²) in [6.07, 6.45) is 0. The van der Waals surface area contributed by atoms with Crippen molar-refractivity contribution in [3.8, 4) is 51.0 Å². The van der Waals surface area contributed by atoms with Gasteiger partial charge in [-0.25, -0.2) is 15.0 Å². The maximum absolute atomic E-state index is 6.75. The van der Waals surface area contributed by atoms with Crippen molar-refractivity contribution in [2.24, 2.45) is 0 Å². The highest BCUT2D eigenvalue weighted by molar-refractivity contribution is 6.70. The van der Waals surface area contributed by atoms with E-state index < -0.39 is 0 Å². The predicted octanol–water partition coefficient (Wildman–Crippen LogP) is -1.77. The van der Waals surface area contributed by atoms with Gasteiger partial charge in [0.05, 0.1) is 16.7 Å². The zero-order valence-electron chi connectivity index (χ0n) is 28.6. The topological polar surface area (TPSA) is 43.6 Å². The number of rotatable bonds is 5. The van der Waals surface area contributed by atoms with Gasteiger partial charge in [-0.1, -0.05) is 94.1 Å². The first kappa shape index (κ1) is 36.1. The van der Waals surface area contributed by atoms with Gasteiger partial charge in [-0.05, 0) is 41.5 Å². The van der Waals surface area contributed by atoms with Gasteiger partial charge in [0.1, 0.15) is 78.5 Å². The van der Waals surface area contributed by atoms with E-state index in [0.717, 1.165) is 32.9 Å². The van der Waals surface area contributed by atoms with Crippen molar-refractivity contribution < 1.29 is 0 Å². The number of fused-ring (bicyclic) bond motifs is 3. The Labute approximate surface area is 331 Å². The fourth-order valence-electron chi connectivity index (χ4n) is 6.92. The zero-order chi connectivity index (χ0) is 38.2. The monoisotopic (exact) mass is 684 g/mol. The molecule has 2 aromatic heterocycles. The van der Waals surface area contributed by atoms with E-state index in [-0.39, 0.29) is 83.2 Å². The number of para-hydroxylation sites is 1. The number of aromatic nitrogens is 4. The fraction of sp³-hybridized carbons (Fsp3) is 0. The van der Waals surface area contributed by atoms with Crippen molar-refractivity contribution >= 4 is 166 Å². The van der Waals surface area contributed by atoms with E-state index in [9.17, 15) is 0 Å². The smallest absolute Gasteiger partial charge is 0.166 e. The second-order valence-electron chi connectivity index (χ2n) is 12.8. The van der Waals surface area contributed by atoms with Crippen LogP contribution in [0, 0.1) is 0 Å². The summed E-state index contributed by atoms with van der Waals surface area (Å²) in [4.78, 5) is 14.6. The molecule has 0 spiro atoms. The molecule has 6 aromatic carbocycles. The molecular formula is C39H15B10ClN4. The maximum atomic E-state index is 6.75. The first-order chi connectivity index (χ1) is 25.9. The molecule has 0 atom stereocenters. The van der Waals surface area contributed by atoms with Crippen LogP contribution in [0.15, 0.2) is 91.0 Å². The molecule has 54 heavy (non-hydrogen) atoms. The Morgan fingerprint density at radius 2 is 0.907 bits per heavy atom. The van der Waals surface area contributed by atoms with Gasteiger partial charge in [0, 0.05) is 32.5 Å². The maximum Gasteiger partial charge on any atom is 0.166 e. The number of benzene rings is 6. The lowest BCUT2D eigenvalue weighted by molar-refractivity contribution is 1.07. The standard InChI is InChI=1S/C39H15B10ClN4/c40-27-25(28(41)32(45)35(48)31(27)44)38-51-37(52-39(53-38)26-29(42)33(46)36(49)34(47)30(26)43)20-15-17(50)13-14-22(20)54-21-11-5-4-9-19(21)24-18(10-6-12-23(24)54)16-7-2-1-3-8-16/h1-15H. The fourth-order valence-corrected chi connectivity index (χ4v) is 7.09. The van der Waals surface area contributed by atoms with Crippen molar-refractivity contribution in [2.45, 2.75) is 0 Å². The molecule has 15 heteroatoms. The van der Waals surface area contributed by atoms with Gasteiger partial charge in [-0.2, -0.15) is 0 Å². The molecule has 4 nitrogen and oxygen atoms in total. The van der Waals surface area contributed by atoms with Gasteiger partial charge >= 0.3 is 0 Å². The van der Waals surface area contributed by atoms with Crippen LogP contribution in [0.3, 0.4) is 0 Å². The zero-order valence-corrected chi connectivity index (χ0v) is 29.4. The van der Waals surface area contributed by atoms with Gasteiger partial charge in [-0.15, -0.1) is 32.8 Å². The van der Waals surface area contributed by atoms with E-state index in [1.807, 2.05) is 42.5 Å².